The van der Waals surface area contributed by atoms with Crippen LogP contribution < -0.4 is 11.0 Å². The van der Waals surface area contributed by atoms with Crippen LogP contribution in [0.5, 0.6) is 0 Å². The average Bonchev–Trinajstić information content (AvgIpc) is 2.70. The fraction of sp³-hybridized carbons (Fsp3) is 0.273. The summed E-state index contributed by atoms with van der Waals surface area (Å²) in [6.45, 7) is 8.34. The van der Waals surface area contributed by atoms with Gasteiger partial charge in [-0.3, -0.25) is 9.59 Å². The molecule has 0 fully saturated rings. The third-order valence-corrected chi connectivity index (χ3v) is 4.77. The van der Waals surface area contributed by atoms with E-state index in [4.69, 9.17) is 0 Å². The van der Waals surface area contributed by atoms with E-state index in [0.717, 1.165) is 17.5 Å². The molecule has 1 aromatic heterocycles. The van der Waals surface area contributed by atoms with Gasteiger partial charge in [0, 0.05) is 11.9 Å². The fourth-order valence-corrected chi connectivity index (χ4v) is 2.98. The Hall–Kier alpha value is -3.28. The minimum Gasteiger partial charge on any atom is -0.267 e. The lowest BCUT2D eigenvalue weighted by molar-refractivity contribution is 0.0949. The topological polar surface area (TPSA) is 76.3 Å². The van der Waals surface area contributed by atoms with Gasteiger partial charge in [-0.1, -0.05) is 37.3 Å². The van der Waals surface area contributed by atoms with Gasteiger partial charge in [0.15, 0.2) is 5.69 Å². The summed E-state index contributed by atoms with van der Waals surface area (Å²) in [6.07, 6.45) is 0.746. The number of rotatable bonds is 5. The van der Waals surface area contributed by atoms with E-state index in [9.17, 15) is 9.59 Å². The number of carbonyl (C=O) groups excluding carboxylic acids is 1. The number of nitrogens with zero attached hydrogens (tertiary/aromatic N) is 3. The number of benzene rings is 2. The minimum absolute atomic E-state index is 0.191. The highest BCUT2D eigenvalue weighted by Gasteiger charge is 2.16. The quantitative estimate of drug-likeness (QED) is 0.546. The molecule has 28 heavy (non-hydrogen) atoms. The first-order valence-electron chi connectivity index (χ1n) is 9.34. The Morgan fingerprint density at radius 3 is 2.50 bits per heavy atom. The fourth-order valence-electron chi connectivity index (χ4n) is 2.98. The molecule has 0 atom stereocenters. The van der Waals surface area contributed by atoms with Crippen molar-refractivity contribution in [2.45, 2.75) is 40.7 Å². The predicted octanol–water partition coefficient (Wildman–Crippen LogP) is 3.58. The molecule has 0 bridgehead atoms. The number of nitrogens with one attached hydrogen (secondary N) is 1. The highest BCUT2D eigenvalue weighted by molar-refractivity contribution is 6.06. The molecule has 3 aromatic rings. The van der Waals surface area contributed by atoms with Gasteiger partial charge in [0.05, 0.1) is 11.1 Å². The molecular formula is C22H24N4O2. The van der Waals surface area contributed by atoms with E-state index < -0.39 is 5.91 Å². The van der Waals surface area contributed by atoms with Crippen molar-refractivity contribution in [1.82, 2.24) is 15.2 Å². The summed E-state index contributed by atoms with van der Waals surface area (Å²) in [4.78, 5) is 25.3. The first-order chi connectivity index (χ1) is 13.4. The van der Waals surface area contributed by atoms with Crippen LogP contribution in [-0.2, 0) is 6.54 Å². The third kappa shape index (κ3) is 3.86. The van der Waals surface area contributed by atoms with E-state index in [-0.39, 0.29) is 11.3 Å². The number of aromatic nitrogens is 2. The van der Waals surface area contributed by atoms with Crippen molar-refractivity contribution < 1.29 is 4.79 Å². The van der Waals surface area contributed by atoms with Crippen LogP contribution >= 0.6 is 0 Å². The average molecular weight is 376 g/mol. The van der Waals surface area contributed by atoms with Crippen molar-refractivity contribution in [2.75, 3.05) is 0 Å². The van der Waals surface area contributed by atoms with Crippen LogP contribution in [0.1, 0.15) is 47.4 Å². The van der Waals surface area contributed by atoms with Gasteiger partial charge in [0.25, 0.3) is 11.5 Å². The van der Waals surface area contributed by atoms with E-state index in [2.05, 4.69) is 22.5 Å². The van der Waals surface area contributed by atoms with Crippen molar-refractivity contribution in [2.24, 2.45) is 5.10 Å². The molecular weight excluding hydrogens is 352 g/mol. The maximum Gasteiger partial charge on any atom is 0.292 e. The zero-order chi connectivity index (χ0) is 20.3. The first-order valence-corrected chi connectivity index (χ1v) is 9.34. The SMILES string of the molecule is CCCn1nc(C(=O)N/N=C(/C)c2ccc(C)c(C)c2)c2ccccc2c1=O. The number of hydrogen-bond donors (Lipinski definition) is 1. The zero-order valence-corrected chi connectivity index (χ0v) is 16.6. The smallest absolute Gasteiger partial charge is 0.267 e. The molecule has 2 aromatic carbocycles. The Bertz CT molecular complexity index is 1130. The normalized spacial score (nSPS) is 11.6. The van der Waals surface area contributed by atoms with Crippen LogP contribution in [-0.4, -0.2) is 21.4 Å². The summed E-state index contributed by atoms with van der Waals surface area (Å²) >= 11 is 0. The lowest BCUT2D eigenvalue weighted by Crippen LogP contribution is -2.29. The molecule has 6 nitrogen and oxygen atoms in total. The maximum atomic E-state index is 12.8. The largest absolute Gasteiger partial charge is 0.292 e. The molecule has 6 heteroatoms. The number of hydrazone groups is 1. The van der Waals surface area contributed by atoms with Gasteiger partial charge in [0.2, 0.25) is 0 Å². The molecule has 0 aliphatic carbocycles. The standard InChI is InChI=1S/C22H24N4O2/c1-5-12-26-22(28)19-9-7-6-8-18(19)20(25-26)21(27)24-23-16(4)17-11-10-14(2)15(3)13-17/h6-11,13H,5,12H2,1-4H3,(H,24,27)/b23-16-. The van der Waals surface area contributed by atoms with Crippen molar-refractivity contribution in [3.05, 3.63) is 75.2 Å². The summed E-state index contributed by atoms with van der Waals surface area (Å²) < 4.78 is 1.34. The molecule has 3 rings (SSSR count). The lowest BCUT2D eigenvalue weighted by atomic mass is 10.0. The molecule has 1 N–H and O–H groups in total. The Morgan fingerprint density at radius 2 is 1.82 bits per heavy atom. The first kappa shape index (κ1) is 19.5. The minimum atomic E-state index is -0.441. The van der Waals surface area contributed by atoms with Crippen molar-refractivity contribution in [3.8, 4) is 0 Å². The van der Waals surface area contributed by atoms with E-state index in [1.807, 2.05) is 39.0 Å². The molecule has 144 valence electrons. The highest BCUT2D eigenvalue weighted by Crippen LogP contribution is 2.14. The van der Waals surface area contributed by atoms with Crippen molar-refractivity contribution in [1.29, 1.82) is 0 Å². The van der Waals surface area contributed by atoms with E-state index in [1.54, 1.807) is 24.3 Å². The number of carbonyl (C=O) groups is 1. The molecule has 0 aliphatic heterocycles. The number of aryl methyl sites for hydroxylation is 3. The summed E-state index contributed by atoms with van der Waals surface area (Å²) in [5, 5.41) is 9.53. The molecule has 1 amide bonds. The molecule has 0 unspecified atom stereocenters. The zero-order valence-electron chi connectivity index (χ0n) is 16.6. The van der Waals surface area contributed by atoms with Gasteiger partial charge in [-0.2, -0.15) is 10.2 Å². The van der Waals surface area contributed by atoms with Crippen LogP contribution in [0.4, 0.5) is 0 Å². The number of amides is 1. The van der Waals surface area contributed by atoms with Crippen molar-refractivity contribution in [3.63, 3.8) is 0 Å². The molecule has 1 heterocycles. The lowest BCUT2D eigenvalue weighted by Gasteiger charge is -2.10. The van der Waals surface area contributed by atoms with E-state index >= 15 is 0 Å². The number of hydrogen-bond acceptors (Lipinski definition) is 4. The van der Waals surface area contributed by atoms with Gasteiger partial charge in [-0.25, -0.2) is 10.1 Å². The monoisotopic (exact) mass is 376 g/mol. The summed E-state index contributed by atoms with van der Waals surface area (Å²) in [5.41, 5.74) is 6.59. The Morgan fingerprint density at radius 1 is 1.11 bits per heavy atom. The van der Waals surface area contributed by atoms with Gasteiger partial charge in [0.1, 0.15) is 0 Å². The van der Waals surface area contributed by atoms with Gasteiger partial charge < -0.3 is 0 Å². The Kier molecular flexibility index (Phi) is 5.68. The molecule has 0 spiro atoms. The van der Waals surface area contributed by atoms with Crippen LogP contribution in [0.2, 0.25) is 0 Å². The highest BCUT2D eigenvalue weighted by atomic mass is 16.2. The van der Waals surface area contributed by atoms with Crippen LogP contribution in [0, 0.1) is 13.8 Å². The van der Waals surface area contributed by atoms with Gasteiger partial charge >= 0.3 is 0 Å². The predicted molar refractivity (Wildman–Crippen MR) is 112 cm³/mol. The summed E-state index contributed by atoms with van der Waals surface area (Å²) in [5.74, 6) is -0.441. The summed E-state index contributed by atoms with van der Waals surface area (Å²) in [6, 6.07) is 13.1. The van der Waals surface area contributed by atoms with E-state index in [0.29, 0.717) is 23.0 Å². The van der Waals surface area contributed by atoms with Gasteiger partial charge in [-0.05, 0) is 56.0 Å². The van der Waals surface area contributed by atoms with Crippen LogP contribution in [0.3, 0.4) is 0 Å². The van der Waals surface area contributed by atoms with E-state index in [1.165, 1.54) is 10.2 Å². The second-order valence-corrected chi connectivity index (χ2v) is 6.86. The molecule has 0 radical (unpaired) electrons. The molecule has 0 saturated carbocycles. The van der Waals surface area contributed by atoms with Gasteiger partial charge in [-0.15, -0.1) is 0 Å². The molecule has 0 aliphatic rings. The second-order valence-electron chi connectivity index (χ2n) is 6.86. The Balaban J connectivity index is 1.96. The van der Waals surface area contributed by atoms with Crippen LogP contribution in [0.25, 0.3) is 10.8 Å². The molecule has 0 saturated heterocycles. The van der Waals surface area contributed by atoms with Crippen molar-refractivity contribution >= 4 is 22.4 Å². The number of fused-ring (bicyclic) bond motifs is 1. The third-order valence-electron chi connectivity index (χ3n) is 4.77. The second kappa shape index (κ2) is 8.17. The maximum absolute atomic E-state index is 12.8. The Labute approximate surface area is 163 Å². The van der Waals surface area contributed by atoms with Crippen LogP contribution in [0.15, 0.2) is 52.4 Å². The summed E-state index contributed by atoms with van der Waals surface area (Å²) in [7, 11) is 0.